The summed E-state index contributed by atoms with van der Waals surface area (Å²) >= 11 is 0. The van der Waals surface area contributed by atoms with Crippen molar-refractivity contribution in [3.63, 3.8) is 0 Å². The second-order valence-corrected chi connectivity index (χ2v) is 5.74. The first-order valence-electron chi connectivity index (χ1n) is 5.81. The van der Waals surface area contributed by atoms with E-state index < -0.39 is 0 Å². The molecular formula is C12H23NO2. The van der Waals surface area contributed by atoms with Crippen molar-refractivity contribution in [3.8, 4) is 0 Å². The number of carbonyl (C=O) groups is 1. The maximum Gasteiger partial charge on any atom is 0.223 e. The van der Waals surface area contributed by atoms with Gasteiger partial charge in [0.15, 0.2) is 0 Å². The number of carbonyl (C=O) groups excluding carboxylic acids is 1. The third-order valence-corrected chi connectivity index (χ3v) is 2.86. The fourth-order valence-electron chi connectivity index (χ4n) is 2.04. The highest BCUT2D eigenvalue weighted by Crippen LogP contribution is 2.24. The van der Waals surface area contributed by atoms with Gasteiger partial charge in [0, 0.05) is 26.1 Å². The fraction of sp³-hybridized carbons (Fsp3) is 0.917. The zero-order valence-electron chi connectivity index (χ0n) is 10.1. The van der Waals surface area contributed by atoms with E-state index in [0.29, 0.717) is 12.3 Å². The fourth-order valence-corrected chi connectivity index (χ4v) is 2.04. The average molecular weight is 213 g/mol. The maximum absolute atomic E-state index is 11.9. The number of rotatable bonds is 3. The van der Waals surface area contributed by atoms with E-state index in [1.54, 1.807) is 0 Å². The van der Waals surface area contributed by atoms with Crippen LogP contribution >= 0.6 is 0 Å². The standard InChI is InChI=1S/C12H23NO2/c1-12(2,3)8-11(15)13-6-4-10(9-13)5-7-14/h10,14H,4-9H2,1-3H3. The zero-order valence-corrected chi connectivity index (χ0v) is 10.1. The summed E-state index contributed by atoms with van der Waals surface area (Å²) in [5.74, 6) is 0.779. The summed E-state index contributed by atoms with van der Waals surface area (Å²) < 4.78 is 0. The highest BCUT2D eigenvalue weighted by Gasteiger charge is 2.27. The summed E-state index contributed by atoms with van der Waals surface area (Å²) in [6.45, 7) is 8.23. The molecule has 0 aromatic carbocycles. The Morgan fingerprint density at radius 1 is 1.47 bits per heavy atom. The molecule has 0 aromatic heterocycles. The topological polar surface area (TPSA) is 40.5 Å². The SMILES string of the molecule is CC(C)(C)CC(=O)N1CCC(CCO)C1. The molecule has 88 valence electrons. The molecule has 1 atom stereocenters. The number of hydrogen-bond acceptors (Lipinski definition) is 2. The molecule has 1 unspecified atom stereocenters. The lowest BCUT2D eigenvalue weighted by Crippen LogP contribution is -2.31. The quantitative estimate of drug-likeness (QED) is 0.774. The molecule has 1 aliphatic rings. The van der Waals surface area contributed by atoms with E-state index in [9.17, 15) is 4.79 Å². The van der Waals surface area contributed by atoms with Crippen molar-refractivity contribution in [3.05, 3.63) is 0 Å². The van der Waals surface area contributed by atoms with Crippen LogP contribution in [0.15, 0.2) is 0 Å². The van der Waals surface area contributed by atoms with E-state index in [0.717, 1.165) is 25.9 Å². The monoisotopic (exact) mass is 213 g/mol. The first kappa shape index (κ1) is 12.5. The Kier molecular flexibility index (Phi) is 4.14. The minimum Gasteiger partial charge on any atom is -0.396 e. The largest absolute Gasteiger partial charge is 0.396 e. The Bertz CT molecular complexity index is 220. The Morgan fingerprint density at radius 2 is 2.13 bits per heavy atom. The summed E-state index contributed by atoms with van der Waals surface area (Å²) in [6.07, 6.45) is 2.51. The summed E-state index contributed by atoms with van der Waals surface area (Å²) in [5, 5.41) is 8.83. The molecule has 3 heteroatoms. The van der Waals surface area contributed by atoms with Gasteiger partial charge in [-0.25, -0.2) is 0 Å². The highest BCUT2D eigenvalue weighted by atomic mass is 16.3. The lowest BCUT2D eigenvalue weighted by molar-refractivity contribution is -0.132. The first-order valence-corrected chi connectivity index (χ1v) is 5.81. The second kappa shape index (κ2) is 4.97. The normalized spacial score (nSPS) is 22.1. The van der Waals surface area contributed by atoms with Gasteiger partial charge in [0.05, 0.1) is 0 Å². The molecule has 0 spiro atoms. The van der Waals surface area contributed by atoms with Crippen LogP contribution in [0.25, 0.3) is 0 Å². The average Bonchev–Trinajstić information content (AvgIpc) is 2.50. The lowest BCUT2D eigenvalue weighted by Gasteiger charge is -2.23. The minimum atomic E-state index is 0.0755. The number of likely N-dealkylation sites (tertiary alicyclic amines) is 1. The van der Waals surface area contributed by atoms with Gasteiger partial charge in [-0.3, -0.25) is 4.79 Å². The van der Waals surface area contributed by atoms with Crippen LogP contribution in [0.5, 0.6) is 0 Å². The lowest BCUT2D eigenvalue weighted by atomic mass is 9.91. The van der Waals surface area contributed by atoms with Crippen molar-refractivity contribution in [2.75, 3.05) is 19.7 Å². The van der Waals surface area contributed by atoms with Gasteiger partial charge in [-0.2, -0.15) is 0 Å². The van der Waals surface area contributed by atoms with Gasteiger partial charge in [-0.1, -0.05) is 20.8 Å². The number of hydrogen-bond donors (Lipinski definition) is 1. The summed E-state index contributed by atoms with van der Waals surface area (Å²) in [6, 6.07) is 0. The van der Waals surface area contributed by atoms with Crippen molar-refractivity contribution in [2.45, 2.75) is 40.0 Å². The Balaban J connectivity index is 2.37. The van der Waals surface area contributed by atoms with E-state index in [4.69, 9.17) is 5.11 Å². The number of nitrogens with zero attached hydrogens (tertiary/aromatic N) is 1. The van der Waals surface area contributed by atoms with Gasteiger partial charge >= 0.3 is 0 Å². The van der Waals surface area contributed by atoms with E-state index in [2.05, 4.69) is 20.8 Å². The minimum absolute atomic E-state index is 0.0755. The van der Waals surface area contributed by atoms with Gasteiger partial charge in [-0.15, -0.1) is 0 Å². The van der Waals surface area contributed by atoms with E-state index in [1.165, 1.54) is 0 Å². The Morgan fingerprint density at radius 3 is 2.67 bits per heavy atom. The molecule has 0 aromatic rings. The van der Waals surface area contributed by atoms with Gasteiger partial charge in [0.1, 0.15) is 0 Å². The molecule has 0 saturated carbocycles. The number of aliphatic hydroxyl groups is 1. The van der Waals surface area contributed by atoms with Gasteiger partial charge < -0.3 is 10.0 Å². The summed E-state index contributed by atoms with van der Waals surface area (Å²) in [7, 11) is 0. The van der Waals surface area contributed by atoms with Crippen molar-refractivity contribution in [1.29, 1.82) is 0 Å². The van der Waals surface area contributed by atoms with Crippen LogP contribution in [0, 0.1) is 11.3 Å². The Hall–Kier alpha value is -0.570. The van der Waals surface area contributed by atoms with Gasteiger partial charge in [-0.05, 0) is 24.2 Å². The van der Waals surface area contributed by atoms with Crippen LogP contribution in [0.3, 0.4) is 0 Å². The molecule has 1 N–H and O–H groups in total. The first-order chi connectivity index (χ1) is 6.92. The van der Waals surface area contributed by atoms with Crippen LogP contribution in [-0.4, -0.2) is 35.6 Å². The van der Waals surface area contributed by atoms with Gasteiger partial charge in [0.25, 0.3) is 0 Å². The number of aliphatic hydroxyl groups excluding tert-OH is 1. The molecule has 15 heavy (non-hydrogen) atoms. The van der Waals surface area contributed by atoms with Gasteiger partial charge in [0.2, 0.25) is 5.91 Å². The van der Waals surface area contributed by atoms with Crippen molar-refractivity contribution in [2.24, 2.45) is 11.3 Å². The summed E-state index contributed by atoms with van der Waals surface area (Å²) in [5.41, 5.74) is 0.0755. The van der Waals surface area contributed by atoms with Crippen molar-refractivity contribution in [1.82, 2.24) is 4.90 Å². The van der Waals surface area contributed by atoms with Crippen molar-refractivity contribution >= 4 is 5.91 Å². The van der Waals surface area contributed by atoms with Crippen molar-refractivity contribution < 1.29 is 9.90 Å². The van der Waals surface area contributed by atoms with Crippen LogP contribution in [0.2, 0.25) is 0 Å². The predicted molar refractivity (Wildman–Crippen MR) is 60.5 cm³/mol. The van der Waals surface area contributed by atoms with E-state index in [-0.39, 0.29) is 17.9 Å². The smallest absolute Gasteiger partial charge is 0.223 e. The highest BCUT2D eigenvalue weighted by molar-refractivity contribution is 5.77. The zero-order chi connectivity index (χ0) is 11.5. The molecule has 0 radical (unpaired) electrons. The number of amides is 1. The van der Waals surface area contributed by atoms with Crippen LogP contribution in [0.4, 0.5) is 0 Å². The molecular weight excluding hydrogens is 190 g/mol. The second-order valence-electron chi connectivity index (χ2n) is 5.74. The molecule has 3 nitrogen and oxygen atoms in total. The third-order valence-electron chi connectivity index (χ3n) is 2.86. The molecule has 0 bridgehead atoms. The summed E-state index contributed by atoms with van der Waals surface area (Å²) in [4.78, 5) is 13.8. The van der Waals surface area contributed by atoms with E-state index >= 15 is 0 Å². The molecule has 1 aliphatic heterocycles. The molecule has 1 saturated heterocycles. The molecule has 0 aliphatic carbocycles. The molecule has 1 amide bonds. The maximum atomic E-state index is 11.9. The van der Waals surface area contributed by atoms with E-state index in [1.807, 2.05) is 4.90 Å². The molecule has 1 heterocycles. The molecule has 1 fully saturated rings. The van der Waals surface area contributed by atoms with Crippen LogP contribution < -0.4 is 0 Å². The molecule has 1 rings (SSSR count). The van der Waals surface area contributed by atoms with Crippen LogP contribution in [0.1, 0.15) is 40.0 Å². The Labute approximate surface area is 92.5 Å². The van der Waals surface area contributed by atoms with Crippen LogP contribution in [-0.2, 0) is 4.79 Å². The third kappa shape index (κ3) is 4.20. The predicted octanol–water partition coefficient (Wildman–Crippen LogP) is 1.65.